The maximum atomic E-state index is 13.9. The third-order valence-corrected chi connectivity index (χ3v) is 4.50. The topological polar surface area (TPSA) is 74.7 Å². The molecule has 3 heterocycles. The summed E-state index contributed by atoms with van der Waals surface area (Å²) in [6.07, 6.45) is 5.26. The zero-order valence-corrected chi connectivity index (χ0v) is 16.4. The molecule has 150 valence electrons. The first-order valence-electron chi connectivity index (χ1n) is 9.60. The summed E-state index contributed by atoms with van der Waals surface area (Å²) in [7, 11) is 1.74. The van der Waals surface area contributed by atoms with E-state index in [0.717, 1.165) is 24.9 Å². The lowest BCUT2D eigenvalue weighted by Gasteiger charge is -2.20. The molecule has 0 aromatic carbocycles. The first-order chi connectivity index (χ1) is 13.7. The number of ether oxygens (including phenoxy) is 1. The third kappa shape index (κ3) is 5.31. The SMILES string of the molecule is CCCOc1ccc(CNC(=NC)NC2CCN(c3ncccc3F)C2)cn1. The number of hydrogen-bond acceptors (Lipinski definition) is 5. The van der Waals surface area contributed by atoms with Gasteiger partial charge in [-0.05, 0) is 30.5 Å². The smallest absolute Gasteiger partial charge is 0.213 e. The average Bonchev–Trinajstić information content (AvgIpc) is 3.19. The number of halogens is 1. The number of pyridine rings is 2. The predicted molar refractivity (Wildman–Crippen MR) is 108 cm³/mol. The molecule has 7 nitrogen and oxygen atoms in total. The summed E-state index contributed by atoms with van der Waals surface area (Å²) in [6, 6.07) is 7.08. The molecule has 1 saturated heterocycles. The van der Waals surface area contributed by atoms with Crippen LogP contribution in [0.2, 0.25) is 0 Å². The average molecular weight is 386 g/mol. The summed E-state index contributed by atoms with van der Waals surface area (Å²) >= 11 is 0. The van der Waals surface area contributed by atoms with E-state index < -0.39 is 0 Å². The van der Waals surface area contributed by atoms with Crippen LogP contribution in [0, 0.1) is 5.82 Å². The third-order valence-electron chi connectivity index (χ3n) is 4.50. The van der Waals surface area contributed by atoms with Crippen LogP contribution >= 0.6 is 0 Å². The van der Waals surface area contributed by atoms with Crippen LogP contribution in [-0.2, 0) is 6.54 Å². The molecule has 1 fully saturated rings. The second-order valence-electron chi connectivity index (χ2n) is 6.66. The Morgan fingerprint density at radius 1 is 1.36 bits per heavy atom. The van der Waals surface area contributed by atoms with Crippen molar-refractivity contribution in [3.05, 3.63) is 48.0 Å². The van der Waals surface area contributed by atoms with Gasteiger partial charge >= 0.3 is 0 Å². The minimum absolute atomic E-state index is 0.176. The van der Waals surface area contributed by atoms with Gasteiger partial charge < -0.3 is 20.3 Å². The molecule has 0 amide bonds. The molecule has 28 heavy (non-hydrogen) atoms. The van der Waals surface area contributed by atoms with Crippen LogP contribution in [0.25, 0.3) is 0 Å². The van der Waals surface area contributed by atoms with Gasteiger partial charge in [-0.25, -0.2) is 14.4 Å². The van der Waals surface area contributed by atoms with Crippen molar-refractivity contribution in [3.63, 3.8) is 0 Å². The molecule has 8 heteroatoms. The van der Waals surface area contributed by atoms with Gasteiger partial charge in [-0.15, -0.1) is 0 Å². The van der Waals surface area contributed by atoms with Crippen molar-refractivity contribution in [3.8, 4) is 5.88 Å². The fraction of sp³-hybridized carbons (Fsp3) is 0.450. The van der Waals surface area contributed by atoms with E-state index in [1.54, 1.807) is 25.5 Å². The molecular weight excluding hydrogens is 359 g/mol. The van der Waals surface area contributed by atoms with Gasteiger partial charge in [0.1, 0.15) is 0 Å². The molecular formula is C20H27FN6O. The number of nitrogens with one attached hydrogen (secondary N) is 2. The molecule has 0 spiro atoms. The molecule has 2 aromatic rings. The highest BCUT2D eigenvalue weighted by atomic mass is 19.1. The molecule has 1 aliphatic rings. The Bertz CT molecular complexity index is 783. The van der Waals surface area contributed by atoms with E-state index in [4.69, 9.17) is 4.74 Å². The van der Waals surface area contributed by atoms with Crippen LogP contribution < -0.4 is 20.3 Å². The van der Waals surface area contributed by atoms with Crippen molar-refractivity contribution in [2.75, 3.05) is 31.6 Å². The highest BCUT2D eigenvalue weighted by molar-refractivity contribution is 5.80. The molecule has 0 bridgehead atoms. The maximum absolute atomic E-state index is 13.9. The Morgan fingerprint density at radius 3 is 2.96 bits per heavy atom. The monoisotopic (exact) mass is 386 g/mol. The first-order valence-corrected chi connectivity index (χ1v) is 9.60. The zero-order valence-electron chi connectivity index (χ0n) is 16.4. The maximum Gasteiger partial charge on any atom is 0.213 e. The number of rotatable bonds is 7. The lowest BCUT2D eigenvalue weighted by molar-refractivity contribution is 0.305. The molecule has 0 saturated carbocycles. The van der Waals surface area contributed by atoms with Crippen molar-refractivity contribution >= 4 is 11.8 Å². The Labute approximate surface area is 165 Å². The van der Waals surface area contributed by atoms with Crippen LogP contribution in [0.15, 0.2) is 41.7 Å². The van der Waals surface area contributed by atoms with Crippen molar-refractivity contribution < 1.29 is 9.13 Å². The lowest BCUT2D eigenvalue weighted by atomic mass is 10.2. The van der Waals surface area contributed by atoms with Gasteiger partial charge in [-0.2, -0.15) is 0 Å². The van der Waals surface area contributed by atoms with E-state index in [9.17, 15) is 4.39 Å². The Morgan fingerprint density at radius 2 is 2.25 bits per heavy atom. The minimum atomic E-state index is -0.287. The number of guanidine groups is 1. The van der Waals surface area contributed by atoms with Gasteiger partial charge in [0.05, 0.1) is 6.61 Å². The molecule has 0 aliphatic carbocycles. The summed E-state index contributed by atoms with van der Waals surface area (Å²) in [5.74, 6) is 1.47. The molecule has 0 radical (unpaired) electrons. The van der Waals surface area contributed by atoms with E-state index in [-0.39, 0.29) is 11.9 Å². The quantitative estimate of drug-likeness (QED) is 0.562. The van der Waals surface area contributed by atoms with E-state index >= 15 is 0 Å². The Hall–Kier alpha value is -2.90. The summed E-state index contributed by atoms with van der Waals surface area (Å²) < 4.78 is 19.4. The van der Waals surface area contributed by atoms with E-state index in [1.807, 2.05) is 17.0 Å². The molecule has 2 aromatic heterocycles. The normalized spacial score (nSPS) is 16.9. The molecule has 3 rings (SSSR count). The second kappa shape index (κ2) is 9.87. The van der Waals surface area contributed by atoms with Crippen LogP contribution in [0.5, 0.6) is 5.88 Å². The summed E-state index contributed by atoms with van der Waals surface area (Å²) in [6.45, 7) is 4.77. The van der Waals surface area contributed by atoms with Crippen molar-refractivity contribution in [2.24, 2.45) is 4.99 Å². The van der Waals surface area contributed by atoms with Gasteiger partial charge in [0.15, 0.2) is 17.6 Å². The Balaban J connectivity index is 1.48. The van der Waals surface area contributed by atoms with E-state index in [1.165, 1.54) is 6.07 Å². The van der Waals surface area contributed by atoms with Crippen LogP contribution in [-0.4, -0.2) is 48.7 Å². The molecule has 2 N–H and O–H groups in total. The van der Waals surface area contributed by atoms with Crippen molar-refractivity contribution in [1.82, 2.24) is 20.6 Å². The van der Waals surface area contributed by atoms with Crippen LogP contribution in [0.3, 0.4) is 0 Å². The Kier molecular flexibility index (Phi) is 7.00. The number of anilines is 1. The fourth-order valence-electron chi connectivity index (χ4n) is 3.06. The van der Waals surface area contributed by atoms with Gasteiger partial charge in [-0.1, -0.05) is 13.0 Å². The van der Waals surface area contributed by atoms with Gasteiger partial charge in [0.2, 0.25) is 5.88 Å². The molecule has 1 atom stereocenters. The van der Waals surface area contributed by atoms with E-state index in [0.29, 0.717) is 37.4 Å². The van der Waals surface area contributed by atoms with Gasteiger partial charge in [0.25, 0.3) is 0 Å². The van der Waals surface area contributed by atoms with Crippen LogP contribution in [0.1, 0.15) is 25.3 Å². The summed E-state index contributed by atoms with van der Waals surface area (Å²) in [4.78, 5) is 14.7. The number of hydrogen-bond donors (Lipinski definition) is 2. The van der Waals surface area contributed by atoms with Crippen LogP contribution in [0.4, 0.5) is 10.2 Å². The van der Waals surface area contributed by atoms with Crippen molar-refractivity contribution in [1.29, 1.82) is 0 Å². The van der Waals surface area contributed by atoms with Gasteiger partial charge in [0, 0.05) is 51.2 Å². The fourth-order valence-corrected chi connectivity index (χ4v) is 3.06. The summed E-state index contributed by atoms with van der Waals surface area (Å²) in [5.41, 5.74) is 1.04. The number of aliphatic imine (C=N–C) groups is 1. The van der Waals surface area contributed by atoms with E-state index in [2.05, 4.69) is 32.5 Å². The second-order valence-corrected chi connectivity index (χ2v) is 6.66. The standard InChI is InChI=1S/C20H27FN6O/c1-3-11-28-18-7-6-15(12-24-18)13-25-20(22-2)26-16-8-10-27(14-16)19-17(21)5-4-9-23-19/h4-7,9,12,16H,3,8,10-11,13-14H2,1-2H3,(H2,22,25,26). The number of nitrogens with zero attached hydrogens (tertiary/aromatic N) is 4. The van der Waals surface area contributed by atoms with Gasteiger partial charge in [-0.3, -0.25) is 4.99 Å². The summed E-state index contributed by atoms with van der Waals surface area (Å²) in [5, 5.41) is 6.69. The highest BCUT2D eigenvalue weighted by Gasteiger charge is 2.25. The first kappa shape index (κ1) is 19.9. The number of aromatic nitrogens is 2. The van der Waals surface area contributed by atoms with Crippen molar-refractivity contribution in [2.45, 2.75) is 32.4 Å². The molecule has 1 aliphatic heterocycles. The lowest BCUT2D eigenvalue weighted by Crippen LogP contribution is -2.44. The minimum Gasteiger partial charge on any atom is -0.478 e. The zero-order chi connectivity index (χ0) is 19.8. The predicted octanol–water partition coefficient (Wildman–Crippen LogP) is 2.35. The largest absolute Gasteiger partial charge is 0.478 e. The molecule has 1 unspecified atom stereocenters. The highest BCUT2D eigenvalue weighted by Crippen LogP contribution is 2.20.